The van der Waals surface area contributed by atoms with Gasteiger partial charge in [-0.05, 0) is 71.9 Å². The molecule has 0 radical (unpaired) electrons. The van der Waals surface area contributed by atoms with Crippen LogP contribution >= 0.6 is 0 Å². The highest BCUT2D eigenvalue weighted by atomic mass is 16.2. The van der Waals surface area contributed by atoms with Crippen molar-refractivity contribution in [2.24, 2.45) is 0 Å². The Morgan fingerprint density at radius 1 is 0.615 bits per heavy atom. The molecule has 52 heavy (non-hydrogen) atoms. The monoisotopic (exact) mass is 686 g/mol. The molecule has 4 aromatic carbocycles. The first kappa shape index (κ1) is 32.2. The molecule has 6 aromatic rings. The Balaban J connectivity index is 0.855. The topological polar surface area (TPSA) is 98.0 Å². The number of rotatable bonds is 9. The number of H-pyrrole nitrogens is 2. The van der Waals surface area contributed by atoms with E-state index in [4.69, 9.17) is 9.97 Å². The number of imidazole rings is 2. The van der Waals surface area contributed by atoms with E-state index >= 15 is 0 Å². The summed E-state index contributed by atoms with van der Waals surface area (Å²) in [4.78, 5) is 47.7. The summed E-state index contributed by atoms with van der Waals surface area (Å²) in [6.45, 7) is 1.54. The maximum Gasteiger partial charge on any atom is 0.233 e. The third-order valence-electron chi connectivity index (χ3n) is 11.3. The molecule has 8 nitrogen and oxygen atoms in total. The van der Waals surface area contributed by atoms with E-state index in [0.717, 1.165) is 108 Å². The molecular weight excluding hydrogens is 645 g/mol. The highest BCUT2D eigenvalue weighted by Gasteiger charge is 2.54. The third-order valence-corrected chi connectivity index (χ3v) is 11.3. The summed E-state index contributed by atoms with van der Waals surface area (Å²) in [6, 6.07) is 37.2. The molecule has 1 saturated carbocycles. The molecule has 9 rings (SSSR count). The second-order valence-electron chi connectivity index (χ2n) is 14.5. The lowest BCUT2D eigenvalue weighted by Gasteiger charge is -2.28. The zero-order chi connectivity index (χ0) is 35.1. The number of hydrogen-bond donors (Lipinski definition) is 2. The molecule has 2 saturated heterocycles. The van der Waals surface area contributed by atoms with Gasteiger partial charge in [-0.3, -0.25) is 9.59 Å². The number of amides is 2. The minimum atomic E-state index is -0.365. The molecule has 2 amide bonds. The molecular formula is C44H42N6O2. The number of hydrogen-bond acceptors (Lipinski definition) is 4. The summed E-state index contributed by atoms with van der Waals surface area (Å²) in [5.41, 5.74) is 8.08. The minimum Gasteiger partial charge on any atom is -0.340 e. The van der Waals surface area contributed by atoms with Crippen molar-refractivity contribution < 1.29 is 9.59 Å². The van der Waals surface area contributed by atoms with Gasteiger partial charge in [0.15, 0.2) is 0 Å². The summed E-state index contributed by atoms with van der Waals surface area (Å²) in [7, 11) is 0. The Bertz CT molecular complexity index is 2190. The van der Waals surface area contributed by atoms with Crippen molar-refractivity contribution in [2.75, 3.05) is 13.1 Å². The lowest BCUT2D eigenvalue weighted by atomic mass is 9.94. The predicted molar refractivity (Wildman–Crippen MR) is 202 cm³/mol. The molecule has 8 heteroatoms. The van der Waals surface area contributed by atoms with Gasteiger partial charge in [0, 0.05) is 13.1 Å². The van der Waals surface area contributed by atoms with Crippen LogP contribution in [0, 0.1) is 0 Å². The Hall–Kier alpha value is -5.76. The van der Waals surface area contributed by atoms with Crippen molar-refractivity contribution in [3.8, 4) is 33.6 Å². The van der Waals surface area contributed by atoms with E-state index in [1.54, 1.807) is 0 Å². The summed E-state index contributed by atoms with van der Waals surface area (Å²) in [5.74, 6) is 2.11. The van der Waals surface area contributed by atoms with E-state index in [0.29, 0.717) is 6.42 Å². The SMILES string of the molecule is O=C(Cc1ccccc1)N1CCC[C@H]1c1ncc(-c2ccc(-c3ccc(-c4cnc([C@@H]5CCCN5C(=O)C5(c6ccccc6)CC5)[nH]4)cc3)cc2)[nH]1. The van der Waals surface area contributed by atoms with Gasteiger partial charge in [-0.2, -0.15) is 0 Å². The van der Waals surface area contributed by atoms with Gasteiger partial charge in [0.05, 0.1) is 47.7 Å². The number of carbonyl (C=O) groups excluding carboxylic acids is 2. The van der Waals surface area contributed by atoms with Crippen LogP contribution in [0.4, 0.5) is 0 Å². The average Bonchev–Trinajstić information content (AvgIpc) is 3.73. The zero-order valence-corrected chi connectivity index (χ0v) is 29.2. The van der Waals surface area contributed by atoms with Crippen molar-refractivity contribution in [2.45, 2.75) is 62.4 Å². The smallest absolute Gasteiger partial charge is 0.233 e. The molecule has 1 aliphatic carbocycles. The maximum absolute atomic E-state index is 13.9. The van der Waals surface area contributed by atoms with Crippen LogP contribution in [0.5, 0.6) is 0 Å². The molecule has 0 bridgehead atoms. The molecule has 3 aliphatic rings. The maximum atomic E-state index is 13.9. The fourth-order valence-corrected chi connectivity index (χ4v) is 8.29. The summed E-state index contributed by atoms with van der Waals surface area (Å²) in [6.07, 6.45) is 9.82. The quantitative estimate of drug-likeness (QED) is 0.160. The van der Waals surface area contributed by atoms with Crippen molar-refractivity contribution >= 4 is 11.8 Å². The first-order valence-electron chi connectivity index (χ1n) is 18.6. The highest BCUT2D eigenvalue weighted by Crippen LogP contribution is 2.51. The molecule has 2 N–H and O–H groups in total. The van der Waals surface area contributed by atoms with Gasteiger partial charge < -0.3 is 19.8 Å². The van der Waals surface area contributed by atoms with E-state index < -0.39 is 0 Å². The van der Waals surface area contributed by atoms with E-state index in [1.165, 1.54) is 0 Å². The van der Waals surface area contributed by atoms with Crippen LogP contribution < -0.4 is 0 Å². The lowest BCUT2D eigenvalue weighted by molar-refractivity contribution is -0.135. The van der Waals surface area contributed by atoms with Gasteiger partial charge in [0.2, 0.25) is 11.8 Å². The number of nitrogens with zero attached hydrogens (tertiary/aromatic N) is 4. The van der Waals surface area contributed by atoms with Crippen molar-refractivity contribution in [3.63, 3.8) is 0 Å². The minimum absolute atomic E-state index is 0.0228. The predicted octanol–water partition coefficient (Wildman–Crippen LogP) is 8.44. The van der Waals surface area contributed by atoms with Gasteiger partial charge in [-0.1, -0.05) is 109 Å². The molecule has 260 valence electrons. The van der Waals surface area contributed by atoms with Crippen LogP contribution in [0.25, 0.3) is 33.6 Å². The Morgan fingerprint density at radius 3 is 1.63 bits per heavy atom. The average molecular weight is 687 g/mol. The second-order valence-corrected chi connectivity index (χ2v) is 14.5. The van der Waals surface area contributed by atoms with Crippen molar-refractivity contribution in [1.82, 2.24) is 29.7 Å². The van der Waals surface area contributed by atoms with E-state index in [1.807, 2.05) is 65.8 Å². The number of carbonyl (C=O) groups is 2. The van der Waals surface area contributed by atoms with Crippen LogP contribution in [0.15, 0.2) is 122 Å². The number of aromatic amines is 2. The first-order chi connectivity index (χ1) is 25.6. The van der Waals surface area contributed by atoms with Crippen LogP contribution in [0.1, 0.15) is 73.4 Å². The molecule has 3 fully saturated rings. The Morgan fingerprint density at radius 2 is 1.10 bits per heavy atom. The van der Waals surface area contributed by atoms with Crippen molar-refractivity contribution in [3.05, 3.63) is 144 Å². The molecule has 0 unspecified atom stereocenters. The van der Waals surface area contributed by atoms with Gasteiger partial charge >= 0.3 is 0 Å². The molecule has 0 spiro atoms. The largest absolute Gasteiger partial charge is 0.340 e. The highest BCUT2D eigenvalue weighted by molar-refractivity contribution is 5.92. The normalized spacial score (nSPS) is 19.2. The fourth-order valence-electron chi connectivity index (χ4n) is 8.29. The second kappa shape index (κ2) is 13.4. The summed E-state index contributed by atoms with van der Waals surface area (Å²) in [5, 5.41) is 0. The summed E-state index contributed by atoms with van der Waals surface area (Å²) < 4.78 is 0. The van der Waals surface area contributed by atoms with Gasteiger partial charge in [0.25, 0.3) is 0 Å². The molecule has 2 atom stereocenters. The summed E-state index contributed by atoms with van der Waals surface area (Å²) >= 11 is 0. The lowest BCUT2D eigenvalue weighted by Crippen LogP contribution is -2.39. The van der Waals surface area contributed by atoms with E-state index in [2.05, 4.69) is 75.5 Å². The Kier molecular flexibility index (Phi) is 8.30. The van der Waals surface area contributed by atoms with E-state index in [9.17, 15) is 9.59 Å². The van der Waals surface area contributed by atoms with Crippen molar-refractivity contribution in [1.29, 1.82) is 0 Å². The van der Waals surface area contributed by atoms with Gasteiger partial charge in [-0.25, -0.2) is 9.97 Å². The number of nitrogens with one attached hydrogen (secondary N) is 2. The van der Waals surface area contributed by atoms with E-state index in [-0.39, 0.29) is 29.3 Å². The van der Waals surface area contributed by atoms with Crippen LogP contribution in [-0.4, -0.2) is 54.6 Å². The van der Waals surface area contributed by atoms with Crippen LogP contribution in [0.2, 0.25) is 0 Å². The van der Waals surface area contributed by atoms with Gasteiger partial charge in [-0.15, -0.1) is 0 Å². The van der Waals surface area contributed by atoms with Crippen LogP contribution in [-0.2, 0) is 21.4 Å². The zero-order valence-electron chi connectivity index (χ0n) is 29.2. The molecule has 2 aliphatic heterocycles. The fraction of sp³-hybridized carbons (Fsp3) is 0.273. The third kappa shape index (κ3) is 6.02. The molecule has 4 heterocycles. The number of benzene rings is 4. The van der Waals surface area contributed by atoms with Gasteiger partial charge in [0.1, 0.15) is 11.6 Å². The molecule has 2 aromatic heterocycles. The van der Waals surface area contributed by atoms with Crippen LogP contribution in [0.3, 0.4) is 0 Å². The number of likely N-dealkylation sites (tertiary alicyclic amines) is 2. The Labute approximate surface area is 304 Å². The number of aromatic nitrogens is 4. The standard InChI is InChI=1S/C44H42N6O2/c51-40(27-30-9-3-1-4-10-30)49-25-7-13-38(49)41-45-28-36(47-41)33-19-15-31(16-20-33)32-17-21-34(22-18-32)37-29-46-42(48-37)39-14-8-26-50(39)43(52)44(23-24-44)35-11-5-2-6-12-35/h1-6,9-12,15-22,28-29,38-39H,7-8,13-14,23-27H2,(H,45,47)(H,46,48)/t38-,39-/m0/s1. The first-order valence-corrected chi connectivity index (χ1v) is 18.6.